The molecule has 3 heterocycles. The van der Waals surface area contributed by atoms with Crippen LogP contribution < -0.4 is 15.4 Å². The Morgan fingerprint density at radius 1 is 1.22 bits per heavy atom. The summed E-state index contributed by atoms with van der Waals surface area (Å²) in [5, 5.41) is 15.8. The standard InChI is InChI=1S/C24H23N5O3/c1-24(2,14-30)16-4-6-17(7-5-16)26-22-23-25-9-10-29(23)12-19(28-22)15-3-8-20-18(11-15)27-21(31)13-32-20/h3-12,30H,13-14H2,1-2H3,(H,26,28)(H,27,31). The van der Waals surface area contributed by atoms with E-state index in [0.29, 0.717) is 22.9 Å². The summed E-state index contributed by atoms with van der Waals surface area (Å²) in [6, 6.07) is 13.5. The summed E-state index contributed by atoms with van der Waals surface area (Å²) in [5.41, 5.74) is 4.50. The third kappa shape index (κ3) is 3.65. The van der Waals surface area contributed by atoms with Crippen molar-refractivity contribution in [1.82, 2.24) is 14.4 Å². The molecule has 0 atom stereocenters. The van der Waals surface area contributed by atoms with Gasteiger partial charge in [0.1, 0.15) is 5.75 Å². The molecule has 5 rings (SSSR count). The molecule has 2 aromatic carbocycles. The quantitative estimate of drug-likeness (QED) is 0.447. The number of nitrogens with zero attached hydrogens (tertiary/aromatic N) is 3. The molecule has 0 unspecified atom stereocenters. The Kier molecular flexibility index (Phi) is 4.79. The maximum Gasteiger partial charge on any atom is 0.262 e. The Hall–Kier alpha value is -3.91. The number of rotatable bonds is 5. The van der Waals surface area contributed by atoms with Gasteiger partial charge < -0.3 is 24.9 Å². The smallest absolute Gasteiger partial charge is 0.262 e. The maximum atomic E-state index is 11.7. The van der Waals surface area contributed by atoms with Gasteiger partial charge in [-0.05, 0) is 35.9 Å². The second-order valence-corrected chi connectivity index (χ2v) is 8.43. The minimum Gasteiger partial charge on any atom is -0.482 e. The first-order chi connectivity index (χ1) is 15.4. The second-order valence-electron chi connectivity index (χ2n) is 8.43. The van der Waals surface area contributed by atoms with Crippen LogP contribution in [0.15, 0.2) is 61.1 Å². The van der Waals surface area contributed by atoms with Gasteiger partial charge in [0.25, 0.3) is 5.91 Å². The predicted molar refractivity (Wildman–Crippen MR) is 122 cm³/mol. The highest BCUT2D eigenvalue weighted by atomic mass is 16.5. The monoisotopic (exact) mass is 429 g/mol. The summed E-state index contributed by atoms with van der Waals surface area (Å²) >= 11 is 0. The van der Waals surface area contributed by atoms with E-state index in [2.05, 4.69) is 15.6 Å². The van der Waals surface area contributed by atoms with Gasteiger partial charge in [0.05, 0.1) is 18.0 Å². The molecule has 0 saturated heterocycles. The zero-order chi connectivity index (χ0) is 22.3. The third-order valence-corrected chi connectivity index (χ3v) is 5.61. The molecule has 0 bridgehead atoms. The lowest BCUT2D eigenvalue weighted by atomic mass is 9.85. The fraction of sp³-hybridized carbons (Fsp3) is 0.208. The van der Waals surface area contributed by atoms with Crippen LogP contribution in [0.1, 0.15) is 19.4 Å². The van der Waals surface area contributed by atoms with Gasteiger partial charge in [-0.3, -0.25) is 4.79 Å². The summed E-state index contributed by atoms with van der Waals surface area (Å²) < 4.78 is 7.36. The van der Waals surface area contributed by atoms with Crippen LogP contribution in [0.3, 0.4) is 0 Å². The molecular formula is C24H23N5O3. The lowest BCUT2D eigenvalue weighted by molar-refractivity contribution is -0.118. The number of ether oxygens (including phenoxy) is 1. The van der Waals surface area contributed by atoms with E-state index in [1.54, 1.807) is 6.20 Å². The molecule has 8 heteroatoms. The van der Waals surface area contributed by atoms with Crippen LogP contribution in [-0.4, -0.2) is 38.6 Å². The summed E-state index contributed by atoms with van der Waals surface area (Å²) in [5.74, 6) is 1.07. The number of carbonyl (C=O) groups is 1. The number of hydrogen-bond donors (Lipinski definition) is 3. The van der Waals surface area contributed by atoms with Crippen LogP contribution in [0.5, 0.6) is 5.75 Å². The molecule has 4 aromatic rings. The van der Waals surface area contributed by atoms with Crippen LogP contribution in [0, 0.1) is 0 Å². The first-order valence-electron chi connectivity index (χ1n) is 10.3. The lowest BCUT2D eigenvalue weighted by Gasteiger charge is -2.22. The molecule has 2 aromatic heterocycles. The molecule has 162 valence electrons. The lowest BCUT2D eigenvalue weighted by Crippen LogP contribution is -2.25. The average molecular weight is 429 g/mol. The van der Waals surface area contributed by atoms with Gasteiger partial charge in [-0.1, -0.05) is 26.0 Å². The van der Waals surface area contributed by atoms with Crippen molar-refractivity contribution in [1.29, 1.82) is 0 Å². The molecule has 0 aliphatic carbocycles. The van der Waals surface area contributed by atoms with Gasteiger partial charge in [0.2, 0.25) is 0 Å². The van der Waals surface area contributed by atoms with E-state index in [4.69, 9.17) is 9.72 Å². The number of aliphatic hydroxyl groups is 1. The van der Waals surface area contributed by atoms with Crippen LogP contribution in [-0.2, 0) is 10.2 Å². The molecule has 0 fully saturated rings. The molecule has 32 heavy (non-hydrogen) atoms. The van der Waals surface area contributed by atoms with Crippen LogP contribution in [0.25, 0.3) is 16.9 Å². The van der Waals surface area contributed by atoms with Crippen molar-refractivity contribution in [3.05, 3.63) is 66.6 Å². The number of imidazole rings is 1. The Morgan fingerprint density at radius 2 is 2.03 bits per heavy atom. The largest absolute Gasteiger partial charge is 0.482 e. The Bertz CT molecular complexity index is 1310. The number of carbonyl (C=O) groups excluding carboxylic acids is 1. The van der Waals surface area contributed by atoms with Crippen LogP contribution in [0.2, 0.25) is 0 Å². The third-order valence-electron chi connectivity index (χ3n) is 5.61. The minimum atomic E-state index is -0.307. The van der Waals surface area contributed by atoms with Crippen molar-refractivity contribution < 1.29 is 14.6 Å². The highest BCUT2D eigenvalue weighted by Crippen LogP contribution is 2.33. The van der Waals surface area contributed by atoms with Gasteiger partial charge in [-0.2, -0.15) is 0 Å². The molecule has 1 amide bonds. The number of nitrogens with one attached hydrogen (secondary N) is 2. The van der Waals surface area contributed by atoms with E-state index in [9.17, 15) is 9.90 Å². The molecule has 0 spiro atoms. The van der Waals surface area contributed by atoms with Crippen molar-refractivity contribution in [2.75, 3.05) is 23.8 Å². The van der Waals surface area contributed by atoms with Gasteiger partial charge in [-0.25, -0.2) is 9.97 Å². The SMILES string of the molecule is CC(C)(CO)c1ccc(Nc2nc(-c3ccc4c(c3)NC(=O)CO4)cn3ccnc23)cc1. The first-order valence-corrected chi connectivity index (χ1v) is 10.3. The maximum absolute atomic E-state index is 11.7. The molecule has 1 aliphatic rings. The summed E-state index contributed by atoms with van der Waals surface area (Å²) in [6.45, 7) is 4.10. The number of amides is 1. The van der Waals surface area contributed by atoms with E-state index >= 15 is 0 Å². The van der Waals surface area contributed by atoms with Crippen molar-refractivity contribution in [3.8, 4) is 17.0 Å². The first kappa shape index (κ1) is 20.0. The zero-order valence-corrected chi connectivity index (χ0v) is 17.8. The number of hydrogen-bond acceptors (Lipinski definition) is 6. The normalized spacial score (nSPS) is 13.4. The van der Waals surface area contributed by atoms with Crippen molar-refractivity contribution >= 4 is 28.7 Å². The van der Waals surface area contributed by atoms with E-state index in [1.807, 2.05) is 73.1 Å². The van der Waals surface area contributed by atoms with E-state index < -0.39 is 0 Å². The fourth-order valence-electron chi connectivity index (χ4n) is 3.63. The van der Waals surface area contributed by atoms with E-state index in [0.717, 1.165) is 22.5 Å². The highest BCUT2D eigenvalue weighted by Gasteiger charge is 2.20. The number of fused-ring (bicyclic) bond motifs is 2. The van der Waals surface area contributed by atoms with Crippen LogP contribution in [0.4, 0.5) is 17.2 Å². The van der Waals surface area contributed by atoms with Gasteiger partial charge in [0.15, 0.2) is 18.1 Å². The molecular weight excluding hydrogens is 406 g/mol. The number of aromatic nitrogens is 3. The molecule has 8 nitrogen and oxygen atoms in total. The van der Waals surface area contributed by atoms with E-state index in [1.165, 1.54) is 0 Å². The van der Waals surface area contributed by atoms with Gasteiger partial charge >= 0.3 is 0 Å². The minimum absolute atomic E-state index is 0.0218. The molecule has 1 aliphatic heterocycles. The Morgan fingerprint density at radius 3 is 2.81 bits per heavy atom. The predicted octanol–water partition coefficient (Wildman–Crippen LogP) is 3.74. The number of aliphatic hydroxyl groups excluding tert-OH is 1. The summed E-state index contributed by atoms with van der Waals surface area (Å²) in [6.07, 6.45) is 5.48. The van der Waals surface area contributed by atoms with Crippen molar-refractivity contribution in [3.63, 3.8) is 0 Å². The topological polar surface area (TPSA) is 101 Å². The second kappa shape index (κ2) is 7.65. The van der Waals surface area contributed by atoms with Crippen molar-refractivity contribution in [2.45, 2.75) is 19.3 Å². The Labute approximate surface area is 184 Å². The zero-order valence-electron chi connectivity index (χ0n) is 17.8. The fourth-order valence-corrected chi connectivity index (χ4v) is 3.63. The molecule has 0 radical (unpaired) electrons. The van der Waals surface area contributed by atoms with Gasteiger partial charge in [0, 0.05) is 35.3 Å². The molecule has 3 N–H and O–H groups in total. The summed E-state index contributed by atoms with van der Waals surface area (Å²) in [7, 11) is 0. The average Bonchev–Trinajstić information content (AvgIpc) is 3.28. The molecule has 0 saturated carbocycles. The van der Waals surface area contributed by atoms with Gasteiger partial charge in [-0.15, -0.1) is 0 Å². The number of benzene rings is 2. The highest BCUT2D eigenvalue weighted by molar-refractivity contribution is 5.96. The summed E-state index contributed by atoms with van der Waals surface area (Å²) in [4.78, 5) is 20.9. The Balaban J connectivity index is 1.50. The van der Waals surface area contributed by atoms with Crippen LogP contribution >= 0.6 is 0 Å². The van der Waals surface area contributed by atoms with E-state index in [-0.39, 0.29) is 24.5 Å². The van der Waals surface area contributed by atoms with Crippen molar-refractivity contribution in [2.24, 2.45) is 0 Å². The number of anilines is 3.